The van der Waals surface area contributed by atoms with Crippen molar-refractivity contribution in [3.63, 3.8) is 0 Å². The molecular weight excluding hydrogens is 240 g/mol. The molecule has 0 saturated carbocycles. The van der Waals surface area contributed by atoms with E-state index >= 15 is 0 Å². The maximum Gasteiger partial charge on any atom is 0.131 e. The minimum Gasteiger partial charge on any atom is -0.393 e. The summed E-state index contributed by atoms with van der Waals surface area (Å²) in [4.78, 5) is 0. The number of hydrogen-bond acceptors (Lipinski definition) is 3. The Hall–Kier alpha value is -1.04. The molecule has 0 fully saturated rings. The molecule has 1 rings (SSSR count). The van der Waals surface area contributed by atoms with Crippen molar-refractivity contribution in [1.82, 2.24) is 5.32 Å². The summed E-state index contributed by atoms with van der Waals surface area (Å²) in [6.07, 6.45) is -0.132. The number of hydrogen-bond donors (Lipinski definition) is 3. The third-order valence-corrected chi connectivity index (χ3v) is 2.78. The standard InChI is InChI=1S/C13H19F2NO2/c1-2-10(17)5-6-16-8-13(18)11-4-3-9(14)7-12(11)15/h3-4,7,10,13,16-18H,2,5-6,8H2,1H3. The van der Waals surface area contributed by atoms with Gasteiger partial charge in [0.1, 0.15) is 11.6 Å². The van der Waals surface area contributed by atoms with Crippen LogP contribution in [0, 0.1) is 11.6 Å². The van der Waals surface area contributed by atoms with E-state index in [0.717, 1.165) is 12.1 Å². The third kappa shape index (κ3) is 4.68. The summed E-state index contributed by atoms with van der Waals surface area (Å²) in [7, 11) is 0. The quantitative estimate of drug-likeness (QED) is 0.654. The van der Waals surface area contributed by atoms with Gasteiger partial charge in [0.2, 0.25) is 0 Å². The van der Waals surface area contributed by atoms with Crippen molar-refractivity contribution in [3.8, 4) is 0 Å². The highest BCUT2D eigenvalue weighted by atomic mass is 19.1. The van der Waals surface area contributed by atoms with Gasteiger partial charge in [-0.05, 0) is 25.5 Å². The van der Waals surface area contributed by atoms with Crippen LogP contribution < -0.4 is 5.32 Å². The molecule has 0 spiro atoms. The van der Waals surface area contributed by atoms with Crippen LogP contribution in [0.25, 0.3) is 0 Å². The van der Waals surface area contributed by atoms with E-state index in [0.29, 0.717) is 19.4 Å². The van der Waals surface area contributed by atoms with E-state index in [1.54, 1.807) is 0 Å². The number of halogens is 2. The van der Waals surface area contributed by atoms with E-state index < -0.39 is 17.7 Å². The van der Waals surface area contributed by atoms with Crippen molar-refractivity contribution in [2.24, 2.45) is 0 Å². The van der Waals surface area contributed by atoms with Crippen LogP contribution in [0.4, 0.5) is 8.78 Å². The summed E-state index contributed by atoms with van der Waals surface area (Å²) in [5, 5.41) is 22.0. The molecule has 0 heterocycles. The van der Waals surface area contributed by atoms with Crippen LogP contribution in [0.1, 0.15) is 31.4 Å². The second-order valence-corrected chi connectivity index (χ2v) is 4.24. The first-order valence-corrected chi connectivity index (χ1v) is 6.06. The van der Waals surface area contributed by atoms with Gasteiger partial charge in [0.15, 0.2) is 0 Å². The Kier molecular flexibility index (Phi) is 6.18. The van der Waals surface area contributed by atoms with Crippen LogP contribution >= 0.6 is 0 Å². The number of aliphatic hydroxyl groups excluding tert-OH is 2. The van der Waals surface area contributed by atoms with Gasteiger partial charge >= 0.3 is 0 Å². The second-order valence-electron chi connectivity index (χ2n) is 4.24. The molecule has 0 aliphatic rings. The average molecular weight is 259 g/mol. The topological polar surface area (TPSA) is 52.5 Å². The smallest absolute Gasteiger partial charge is 0.131 e. The van der Waals surface area contributed by atoms with E-state index in [9.17, 15) is 19.0 Å². The maximum absolute atomic E-state index is 13.3. The highest BCUT2D eigenvalue weighted by Gasteiger charge is 2.13. The van der Waals surface area contributed by atoms with Crippen molar-refractivity contribution < 1.29 is 19.0 Å². The predicted molar refractivity (Wildman–Crippen MR) is 65.1 cm³/mol. The average Bonchev–Trinajstić information content (AvgIpc) is 2.34. The first-order valence-electron chi connectivity index (χ1n) is 6.06. The van der Waals surface area contributed by atoms with Gasteiger partial charge in [-0.3, -0.25) is 0 Å². The molecule has 0 aliphatic heterocycles. The minimum absolute atomic E-state index is 0.0694. The molecule has 1 aromatic rings. The number of aliphatic hydroxyl groups is 2. The molecule has 3 N–H and O–H groups in total. The summed E-state index contributed by atoms with van der Waals surface area (Å²) >= 11 is 0. The first-order chi connectivity index (χ1) is 8.54. The van der Waals surface area contributed by atoms with E-state index in [2.05, 4.69) is 5.32 Å². The lowest BCUT2D eigenvalue weighted by Crippen LogP contribution is -2.25. The lowest BCUT2D eigenvalue weighted by Gasteiger charge is -2.14. The van der Waals surface area contributed by atoms with Crippen molar-refractivity contribution in [2.45, 2.75) is 32.0 Å². The lowest BCUT2D eigenvalue weighted by molar-refractivity contribution is 0.148. The molecule has 0 amide bonds. The highest BCUT2D eigenvalue weighted by Crippen LogP contribution is 2.17. The Morgan fingerprint density at radius 2 is 2.00 bits per heavy atom. The van der Waals surface area contributed by atoms with Gasteiger partial charge in [-0.1, -0.05) is 13.0 Å². The monoisotopic (exact) mass is 259 g/mol. The maximum atomic E-state index is 13.3. The van der Waals surface area contributed by atoms with E-state index in [4.69, 9.17) is 0 Å². The van der Waals surface area contributed by atoms with Crippen molar-refractivity contribution in [2.75, 3.05) is 13.1 Å². The molecule has 0 aromatic heterocycles. The Morgan fingerprint density at radius 3 is 2.61 bits per heavy atom. The molecule has 102 valence electrons. The van der Waals surface area contributed by atoms with Crippen LogP contribution in [-0.2, 0) is 0 Å². The molecule has 3 nitrogen and oxygen atoms in total. The Morgan fingerprint density at radius 1 is 1.28 bits per heavy atom. The van der Waals surface area contributed by atoms with E-state index in [1.165, 1.54) is 6.07 Å². The fourth-order valence-corrected chi connectivity index (χ4v) is 1.59. The van der Waals surface area contributed by atoms with Gasteiger partial charge in [-0.2, -0.15) is 0 Å². The van der Waals surface area contributed by atoms with Gasteiger partial charge in [-0.15, -0.1) is 0 Å². The highest BCUT2D eigenvalue weighted by molar-refractivity contribution is 5.21. The van der Waals surface area contributed by atoms with Crippen LogP contribution in [0.2, 0.25) is 0 Å². The van der Waals surface area contributed by atoms with E-state index in [1.807, 2.05) is 6.92 Å². The van der Waals surface area contributed by atoms with Crippen LogP contribution in [-0.4, -0.2) is 29.4 Å². The van der Waals surface area contributed by atoms with Crippen LogP contribution in [0.3, 0.4) is 0 Å². The zero-order chi connectivity index (χ0) is 13.5. The zero-order valence-corrected chi connectivity index (χ0v) is 10.4. The zero-order valence-electron chi connectivity index (χ0n) is 10.4. The van der Waals surface area contributed by atoms with Gasteiger partial charge in [-0.25, -0.2) is 8.78 Å². The van der Waals surface area contributed by atoms with E-state index in [-0.39, 0.29) is 18.2 Å². The van der Waals surface area contributed by atoms with Crippen molar-refractivity contribution in [1.29, 1.82) is 0 Å². The van der Waals surface area contributed by atoms with Crippen molar-refractivity contribution >= 4 is 0 Å². The van der Waals surface area contributed by atoms with Crippen LogP contribution in [0.15, 0.2) is 18.2 Å². The molecule has 0 bridgehead atoms. The molecule has 2 unspecified atom stereocenters. The lowest BCUT2D eigenvalue weighted by atomic mass is 10.1. The first kappa shape index (κ1) is 15.0. The molecule has 1 aromatic carbocycles. The molecule has 18 heavy (non-hydrogen) atoms. The Bertz CT molecular complexity index is 374. The molecule has 0 radical (unpaired) electrons. The summed E-state index contributed by atoms with van der Waals surface area (Å²) < 4.78 is 26.0. The minimum atomic E-state index is -1.02. The molecule has 2 atom stereocenters. The SMILES string of the molecule is CCC(O)CCNCC(O)c1ccc(F)cc1F. The molecule has 0 saturated heterocycles. The predicted octanol–water partition coefficient (Wildman–Crippen LogP) is 1.75. The second kappa shape index (κ2) is 7.41. The number of nitrogens with one attached hydrogen (secondary N) is 1. The fraction of sp³-hybridized carbons (Fsp3) is 0.538. The summed E-state index contributed by atoms with van der Waals surface area (Å²) in [5.74, 6) is -1.42. The summed E-state index contributed by atoms with van der Waals surface area (Å²) in [6.45, 7) is 2.58. The van der Waals surface area contributed by atoms with Gasteiger partial charge < -0.3 is 15.5 Å². The normalized spacial score (nSPS) is 14.5. The van der Waals surface area contributed by atoms with Gasteiger partial charge in [0.05, 0.1) is 12.2 Å². The van der Waals surface area contributed by atoms with Gasteiger partial charge in [0, 0.05) is 18.2 Å². The molecular formula is C13H19F2NO2. The Labute approximate surface area is 105 Å². The number of benzene rings is 1. The largest absolute Gasteiger partial charge is 0.393 e. The number of rotatable bonds is 7. The van der Waals surface area contributed by atoms with Crippen molar-refractivity contribution in [3.05, 3.63) is 35.4 Å². The van der Waals surface area contributed by atoms with Crippen LogP contribution in [0.5, 0.6) is 0 Å². The third-order valence-electron chi connectivity index (χ3n) is 2.78. The molecule has 5 heteroatoms. The summed E-state index contributed by atoms with van der Waals surface area (Å²) in [5.41, 5.74) is 0.0694. The van der Waals surface area contributed by atoms with Gasteiger partial charge in [0.25, 0.3) is 0 Å². The Balaban J connectivity index is 2.38. The molecule has 0 aliphatic carbocycles. The fourth-order valence-electron chi connectivity index (χ4n) is 1.59. The summed E-state index contributed by atoms with van der Waals surface area (Å²) in [6, 6.07) is 3.10.